The third-order valence-corrected chi connectivity index (χ3v) is 3.65. The molecule has 24 heavy (non-hydrogen) atoms. The lowest BCUT2D eigenvalue weighted by Gasteiger charge is -2.12. The van der Waals surface area contributed by atoms with Gasteiger partial charge in [0.1, 0.15) is 18.1 Å². The maximum Gasteiger partial charge on any atom is 0.274 e. The van der Waals surface area contributed by atoms with Gasteiger partial charge in [-0.3, -0.25) is 4.79 Å². The number of aromatic carboxylic acids is 1. The molecule has 3 rings (SSSR count). The van der Waals surface area contributed by atoms with Gasteiger partial charge in [0.15, 0.2) is 0 Å². The predicted octanol–water partition coefficient (Wildman–Crippen LogP) is 1.15. The zero-order valence-corrected chi connectivity index (χ0v) is 13.1. The first-order valence-electron chi connectivity index (χ1n) is 7.47. The van der Waals surface area contributed by atoms with Gasteiger partial charge in [0.25, 0.3) is 5.56 Å². The SMILES string of the molecule is Cc1ccc(OCCn2nc(C(=O)[O-])c3ccccc3c2=O)cc1. The Morgan fingerprint density at radius 1 is 1.12 bits per heavy atom. The van der Waals surface area contributed by atoms with Crippen molar-refractivity contribution in [3.63, 3.8) is 0 Å². The molecule has 1 heterocycles. The van der Waals surface area contributed by atoms with Crippen LogP contribution in [0.5, 0.6) is 5.75 Å². The number of aryl methyl sites for hydroxylation is 1. The number of hydrogen-bond donors (Lipinski definition) is 0. The van der Waals surface area contributed by atoms with Crippen LogP contribution in [-0.4, -0.2) is 22.4 Å². The Hall–Kier alpha value is -3.15. The minimum atomic E-state index is -1.42. The van der Waals surface area contributed by atoms with E-state index in [0.717, 1.165) is 10.2 Å². The molecule has 1 aromatic heterocycles. The number of benzene rings is 2. The summed E-state index contributed by atoms with van der Waals surface area (Å²) in [7, 11) is 0. The highest BCUT2D eigenvalue weighted by Crippen LogP contribution is 2.13. The van der Waals surface area contributed by atoms with E-state index in [4.69, 9.17) is 4.74 Å². The Morgan fingerprint density at radius 2 is 1.79 bits per heavy atom. The van der Waals surface area contributed by atoms with Crippen molar-refractivity contribution in [2.24, 2.45) is 0 Å². The van der Waals surface area contributed by atoms with Gasteiger partial charge in [0, 0.05) is 5.39 Å². The molecular weight excluding hydrogens is 308 g/mol. The van der Waals surface area contributed by atoms with Crippen LogP contribution < -0.4 is 15.4 Å². The van der Waals surface area contributed by atoms with E-state index in [1.54, 1.807) is 24.3 Å². The molecule has 0 unspecified atom stereocenters. The van der Waals surface area contributed by atoms with Crippen LogP contribution in [-0.2, 0) is 6.54 Å². The first kappa shape index (κ1) is 15.7. The van der Waals surface area contributed by atoms with Gasteiger partial charge in [0.05, 0.1) is 17.9 Å². The molecule has 0 radical (unpaired) electrons. The van der Waals surface area contributed by atoms with Crippen molar-refractivity contribution >= 4 is 16.7 Å². The molecule has 6 nitrogen and oxygen atoms in total. The summed E-state index contributed by atoms with van der Waals surface area (Å²) in [6.07, 6.45) is 0. The normalized spacial score (nSPS) is 10.7. The number of fused-ring (bicyclic) bond motifs is 1. The minimum Gasteiger partial charge on any atom is -0.543 e. The fourth-order valence-electron chi connectivity index (χ4n) is 2.42. The molecule has 0 N–H and O–H groups in total. The number of carboxylic acid groups (broad SMARTS) is 1. The van der Waals surface area contributed by atoms with Crippen molar-refractivity contribution in [3.05, 3.63) is 70.1 Å². The molecule has 0 aliphatic heterocycles. The van der Waals surface area contributed by atoms with E-state index in [1.165, 1.54) is 0 Å². The van der Waals surface area contributed by atoms with Crippen molar-refractivity contribution in [1.82, 2.24) is 9.78 Å². The lowest BCUT2D eigenvalue weighted by atomic mass is 10.1. The minimum absolute atomic E-state index is 0.137. The topological polar surface area (TPSA) is 84.2 Å². The van der Waals surface area contributed by atoms with E-state index in [2.05, 4.69) is 5.10 Å². The van der Waals surface area contributed by atoms with E-state index in [1.807, 2.05) is 31.2 Å². The van der Waals surface area contributed by atoms with Gasteiger partial charge < -0.3 is 14.6 Å². The van der Waals surface area contributed by atoms with Gasteiger partial charge in [-0.25, -0.2) is 4.68 Å². The number of aromatic nitrogens is 2. The molecule has 0 fully saturated rings. The molecule has 6 heteroatoms. The first-order valence-corrected chi connectivity index (χ1v) is 7.47. The number of carboxylic acids is 1. The van der Waals surface area contributed by atoms with Crippen molar-refractivity contribution < 1.29 is 14.6 Å². The van der Waals surface area contributed by atoms with Crippen molar-refractivity contribution in [2.45, 2.75) is 13.5 Å². The molecule has 0 amide bonds. The third-order valence-electron chi connectivity index (χ3n) is 3.65. The molecular formula is C18H15N2O4-. The zero-order valence-electron chi connectivity index (χ0n) is 13.1. The summed E-state index contributed by atoms with van der Waals surface area (Å²) in [6, 6.07) is 14.0. The van der Waals surface area contributed by atoms with Crippen LogP contribution in [0.15, 0.2) is 53.3 Å². The average molecular weight is 323 g/mol. The molecule has 2 aromatic carbocycles. The molecule has 0 spiro atoms. The fraction of sp³-hybridized carbons (Fsp3) is 0.167. The Morgan fingerprint density at radius 3 is 2.46 bits per heavy atom. The molecule has 0 bridgehead atoms. The average Bonchev–Trinajstić information content (AvgIpc) is 2.58. The lowest BCUT2D eigenvalue weighted by Crippen LogP contribution is -2.32. The molecule has 0 saturated heterocycles. The maximum absolute atomic E-state index is 12.4. The molecule has 0 saturated carbocycles. The first-order chi connectivity index (χ1) is 11.6. The van der Waals surface area contributed by atoms with E-state index in [0.29, 0.717) is 11.1 Å². The largest absolute Gasteiger partial charge is 0.543 e. The maximum atomic E-state index is 12.4. The monoisotopic (exact) mass is 323 g/mol. The number of carbonyl (C=O) groups is 1. The van der Waals surface area contributed by atoms with E-state index in [-0.39, 0.29) is 29.8 Å². The van der Waals surface area contributed by atoms with Crippen LogP contribution in [0, 0.1) is 6.92 Å². The molecule has 122 valence electrons. The smallest absolute Gasteiger partial charge is 0.274 e. The van der Waals surface area contributed by atoms with Gasteiger partial charge in [-0.1, -0.05) is 35.9 Å². The van der Waals surface area contributed by atoms with Gasteiger partial charge in [-0.15, -0.1) is 0 Å². The number of carbonyl (C=O) groups excluding carboxylic acids is 1. The quantitative estimate of drug-likeness (QED) is 0.703. The van der Waals surface area contributed by atoms with Crippen LogP contribution in [0.3, 0.4) is 0 Å². The molecule has 0 aliphatic carbocycles. The zero-order chi connectivity index (χ0) is 17.1. The summed E-state index contributed by atoms with van der Waals surface area (Å²) in [4.78, 5) is 23.7. The molecule has 3 aromatic rings. The second kappa shape index (κ2) is 6.54. The van der Waals surface area contributed by atoms with Gasteiger partial charge in [-0.05, 0) is 25.1 Å². The number of hydrogen-bond acceptors (Lipinski definition) is 5. The van der Waals surface area contributed by atoms with Crippen molar-refractivity contribution in [2.75, 3.05) is 6.61 Å². The summed E-state index contributed by atoms with van der Waals surface area (Å²) >= 11 is 0. The second-order valence-corrected chi connectivity index (χ2v) is 5.37. The van der Waals surface area contributed by atoms with Crippen LogP contribution in [0.25, 0.3) is 10.8 Å². The highest BCUT2D eigenvalue weighted by molar-refractivity contribution is 6.00. The van der Waals surface area contributed by atoms with E-state index in [9.17, 15) is 14.7 Å². The highest BCUT2D eigenvalue weighted by atomic mass is 16.5. The van der Waals surface area contributed by atoms with Crippen LogP contribution >= 0.6 is 0 Å². The summed E-state index contributed by atoms with van der Waals surface area (Å²) < 4.78 is 6.67. The Bertz CT molecular complexity index is 945. The summed E-state index contributed by atoms with van der Waals surface area (Å²) in [5.41, 5.74) is 0.511. The summed E-state index contributed by atoms with van der Waals surface area (Å²) in [5, 5.41) is 15.8. The van der Waals surface area contributed by atoms with Gasteiger partial charge in [0.2, 0.25) is 0 Å². The predicted molar refractivity (Wildman–Crippen MR) is 87.0 cm³/mol. The Labute approximate surface area is 137 Å². The van der Waals surface area contributed by atoms with Gasteiger partial charge >= 0.3 is 0 Å². The molecule has 0 atom stereocenters. The highest BCUT2D eigenvalue weighted by Gasteiger charge is 2.11. The Balaban J connectivity index is 1.86. The Kier molecular flexibility index (Phi) is 4.29. The van der Waals surface area contributed by atoms with Gasteiger partial charge in [-0.2, -0.15) is 5.10 Å². The van der Waals surface area contributed by atoms with Crippen LogP contribution in [0.4, 0.5) is 0 Å². The van der Waals surface area contributed by atoms with Crippen molar-refractivity contribution in [1.29, 1.82) is 0 Å². The fourth-order valence-corrected chi connectivity index (χ4v) is 2.42. The molecule has 0 aliphatic rings. The van der Waals surface area contributed by atoms with Crippen LogP contribution in [0.2, 0.25) is 0 Å². The van der Waals surface area contributed by atoms with Crippen LogP contribution in [0.1, 0.15) is 16.1 Å². The summed E-state index contributed by atoms with van der Waals surface area (Å²) in [5.74, 6) is -0.742. The summed E-state index contributed by atoms with van der Waals surface area (Å²) in [6.45, 7) is 2.31. The second-order valence-electron chi connectivity index (χ2n) is 5.37. The number of ether oxygens (including phenoxy) is 1. The standard InChI is InChI=1S/C18H16N2O4/c1-12-6-8-13(9-7-12)24-11-10-20-17(21)15-5-3-2-4-14(15)16(19-20)18(22)23/h2-9H,10-11H2,1H3,(H,22,23)/p-1. The lowest BCUT2D eigenvalue weighted by molar-refractivity contribution is -0.255. The third kappa shape index (κ3) is 3.12. The number of rotatable bonds is 5. The van der Waals surface area contributed by atoms with Crippen molar-refractivity contribution in [3.8, 4) is 5.75 Å². The number of nitrogens with zero attached hydrogens (tertiary/aromatic N) is 2. The van der Waals surface area contributed by atoms with E-state index < -0.39 is 5.97 Å². The van der Waals surface area contributed by atoms with E-state index >= 15 is 0 Å².